The van der Waals surface area contributed by atoms with Gasteiger partial charge in [0.25, 0.3) is 0 Å². The smallest absolute Gasteiger partial charge is 0.459 e. The lowest BCUT2D eigenvalue weighted by Crippen LogP contribution is -2.51. The summed E-state index contributed by atoms with van der Waals surface area (Å²) in [6.45, 7) is -2.18. The van der Waals surface area contributed by atoms with Gasteiger partial charge in [-0.05, 0) is 56.3 Å². The van der Waals surface area contributed by atoms with Crippen molar-refractivity contribution in [1.29, 1.82) is 0 Å². The lowest BCUT2D eigenvalue weighted by molar-refractivity contribution is -0.324. The molecule has 1 atom stereocenters. The number of halogens is 4. The maximum absolute atomic E-state index is 13.2. The topological polar surface area (TPSA) is 110 Å². The van der Waals surface area contributed by atoms with Crippen LogP contribution in [-0.4, -0.2) is 54.7 Å². The summed E-state index contributed by atoms with van der Waals surface area (Å²) in [7, 11) is -6.43. The fourth-order valence-corrected chi connectivity index (χ4v) is 5.53. The van der Waals surface area contributed by atoms with Gasteiger partial charge in [-0.3, -0.25) is 9.35 Å². The number of aliphatic hydroxyl groups excluding tert-OH is 1. The maximum atomic E-state index is 13.2. The van der Waals surface area contributed by atoms with E-state index in [1.165, 1.54) is 0 Å². The SMILES string of the molecule is O=C(OCC(O)COC(F)(F)C(F)(F)S(=O)(=O)O)C12CC3CC(CC(C3)C1)C2. The first-order valence-electron chi connectivity index (χ1n) is 8.98. The van der Waals surface area contributed by atoms with Gasteiger partial charge in [0, 0.05) is 0 Å². The Morgan fingerprint density at radius 1 is 1.04 bits per heavy atom. The van der Waals surface area contributed by atoms with Gasteiger partial charge in [0.05, 0.1) is 12.0 Å². The molecule has 0 saturated heterocycles. The molecular weight excluding hydrogens is 412 g/mol. The first-order valence-corrected chi connectivity index (χ1v) is 10.4. The third-order valence-corrected chi connectivity index (χ3v) is 6.88. The summed E-state index contributed by atoms with van der Waals surface area (Å²) < 4.78 is 90.0. The molecule has 12 heteroatoms. The average molecular weight is 434 g/mol. The predicted molar refractivity (Wildman–Crippen MR) is 85.0 cm³/mol. The first-order chi connectivity index (χ1) is 12.8. The highest BCUT2D eigenvalue weighted by molar-refractivity contribution is 7.86. The number of rotatable bonds is 8. The number of hydrogen-bond acceptors (Lipinski definition) is 6. The van der Waals surface area contributed by atoms with Gasteiger partial charge in [-0.1, -0.05) is 0 Å². The molecule has 7 nitrogen and oxygen atoms in total. The second-order valence-corrected chi connectivity index (χ2v) is 9.73. The van der Waals surface area contributed by atoms with Gasteiger partial charge in [0.15, 0.2) is 0 Å². The van der Waals surface area contributed by atoms with Crippen LogP contribution in [0.2, 0.25) is 0 Å². The van der Waals surface area contributed by atoms with E-state index in [-0.39, 0.29) is 0 Å². The molecular formula is C16H22F4O7S. The summed E-state index contributed by atoms with van der Waals surface area (Å²) in [5.74, 6) is 0.816. The molecule has 0 aromatic carbocycles. The summed E-state index contributed by atoms with van der Waals surface area (Å²) in [5.41, 5.74) is -0.642. The molecule has 0 amide bonds. The maximum Gasteiger partial charge on any atom is 0.459 e. The van der Waals surface area contributed by atoms with E-state index in [0.29, 0.717) is 37.0 Å². The second kappa shape index (κ2) is 7.06. The van der Waals surface area contributed by atoms with Crippen molar-refractivity contribution >= 4 is 16.1 Å². The van der Waals surface area contributed by atoms with Gasteiger partial charge >= 0.3 is 27.5 Å². The van der Waals surface area contributed by atoms with Crippen LogP contribution in [0.1, 0.15) is 38.5 Å². The second-order valence-electron chi connectivity index (χ2n) is 8.27. The van der Waals surface area contributed by atoms with Crippen LogP contribution in [0.3, 0.4) is 0 Å². The molecule has 0 aromatic heterocycles. The third kappa shape index (κ3) is 3.88. The van der Waals surface area contributed by atoms with E-state index in [9.17, 15) is 35.9 Å². The van der Waals surface area contributed by atoms with E-state index in [1.54, 1.807) is 0 Å². The molecule has 0 heterocycles. The first kappa shape index (κ1) is 21.7. The zero-order chi connectivity index (χ0) is 21.0. The van der Waals surface area contributed by atoms with E-state index in [4.69, 9.17) is 9.29 Å². The standard InChI is InChI=1S/C16H22F4O7S/c17-15(18,16(19,20)28(23,24)25)27-8-12(21)7-26-13(22)14-4-9-1-10(5-14)3-11(2-9)6-14/h9-12,21H,1-8H2,(H,23,24,25). The molecule has 4 saturated carbocycles. The van der Waals surface area contributed by atoms with E-state index < -0.39 is 52.2 Å². The van der Waals surface area contributed by atoms with Crippen LogP contribution in [0.25, 0.3) is 0 Å². The lowest BCUT2D eigenvalue weighted by Gasteiger charge is -2.55. The van der Waals surface area contributed by atoms with Crippen molar-refractivity contribution in [3.8, 4) is 0 Å². The fourth-order valence-electron chi connectivity index (χ4n) is 5.17. The van der Waals surface area contributed by atoms with Crippen LogP contribution in [0.5, 0.6) is 0 Å². The van der Waals surface area contributed by atoms with Crippen molar-refractivity contribution in [2.45, 2.75) is 56.0 Å². The van der Waals surface area contributed by atoms with Gasteiger partial charge in [0.1, 0.15) is 12.7 Å². The highest BCUT2D eigenvalue weighted by Crippen LogP contribution is 2.60. The molecule has 4 bridgehead atoms. The minimum Gasteiger partial charge on any atom is -0.462 e. The minimum atomic E-state index is -6.43. The van der Waals surface area contributed by atoms with Crippen LogP contribution < -0.4 is 0 Å². The number of aliphatic hydroxyl groups is 1. The molecule has 1 unspecified atom stereocenters. The highest BCUT2D eigenvalue weighted by Gasteiger charge is 2.67. The molecule has 4 rings (SSSR count). The van der Waals surface area contributed by atoms with Gasteiger partial charge in [-0.2, -0.15) is 26.0 Å². The number of carbonyl (C=O) groups excluding carboxylic acids is 1. The Balaban J connectivity index is 1.51. The summed E-state index contributed by atoms with van der Waals surface area (Å²) in [5, 5.41) is 3.73. The Kier molecular flexibility index (Phi) is 5.48. The van der Waals surface area contributed by atoms with Crippen molar-refractivity contribution in [2.75, 3.05) is 13.2 Å². The molecule has 0 aromatic rings. The summed E-state index contributed by atoms with van der Waals surface area (Å²) in [4.78, 5) is 12.5. The molecule has 2 N–H and O–H groups in total. The van der Waals surface area contributed by atoms with Crippen LogP contribution in [-0.2, 0) is 24.4 Å². The molecule has 0 aliphatic heterocycles. The minimum absolute atomic E-state index is 0.452. The van der Waals surface area contributed by atoms with E-state index in [0.717, 1.165) is 19.3 Å². The summed E-state index contributed by atoms with van der Waals surface area (Å²) in [6.07, 6.45) is -2.15. The van der Waals surface area contributed by atoms with Gasteiger partial charge in [-0.25, -0.2) is 0 Å². The number of alkyl halides is 4. The average Bonchev–Trinajstić information content (AvgIpc) is 2.55. The van der Waals surface area contributed by atoms with Crippen molar-refractivity contribution in [1.82, 2.24) is 0 Å². The number of esters is 1. The summed E-state index contributed by atoms with van der Waals surface area (Å²) >= 11 is 0. The zero-order valence-electron chi connectivity index (χ0n) is 14.8. The molecule has 0 radical (unpaired) electrons. The largest absolute Gasteiger partial charge is 0.462 e. The van der Waals surface area contributed by atoms with Gasteiger partial charge in [-0.15, -0.1) is 0 Å². The zero-order valence-corrected chi connectivity index (χ0v) is 15.6. The Morgan fingerprint density at radius 2 is 1.50 bits per heavy atom. The third-order valence-electron chi connectivity index (χ3n) is 6.00. The number of ether oxygens (including phenoxy) is 2. The molecule has 4 aliphatic carbocycles. The Bertz CT molecular complexity index is 689. The highest BCUT2D eigenvalue weighted by atomic mass is 32.2. The van der Waals surface area contributed by atoms with Gasteiger partial charge in [0.2, 0.25) is 0 Å². The molecule has 0 spiro atoms. The van der Waals surface area contributed by atoms with E-state index in [1.807, 2.05) is 0 Å². The van der Waals surface area contributed by atoms with Gasteiger partial charge < -0.3 is 14.6 Å². The quantitative estimate of drug-likeness (QED) is 0.342. The van der Waals surface area contributed by atoms with Crippen molar-refractivity contribution in [2.24, 2.45) is 23.2 Å². The molecule has 4 fully saturated rings. The monoisotopic (exact) mass is 434 g/mol. The number of carbonyl (C=O) groups is 1. The Labute approximate surface area is 159 Å². The van der Waals surface area contributed by atoms with Crippen LogP contribution >= 0.6 is 0 Å². The van der Waals surface area contributed by atoms with Crippen LogP contribution in [0.15, 0.2) is 0 Å². The van der Waals surface area contributed by atoms with Crippen molar-refractivity contribution in [3.63, 3.8) is 0 Å². The fraction of sp³-hybridized carbons (Fsp3) is 0.938. The summed E-state index contributed by atoms with van der Waals surface area (Å²) in [6, 6.07) is 0. The Morgan fingerprint density at radius 3 is 1.93 bits per heavy atom. The van der Waals surface area contributed by atoms with Crippen LogP contribution in [0.4, 0.5) is 17.6 Å². The molecule has 28 heavy (non-hydrogen) atoms. The Hall–Kier alpha value is -0.980. The molecule has 4 aliphatic rings. The van der Waals surface area contributed by atoms with E-state index in [2.05, 4.69) is 4.74 Å². The number of hydrogen-bond donors (Lipinski definition) is 2. The predicted octanol–water partition coefficient (Wildman–Crippen LogP) is 2.20. The van der Waals surface area contributed by atoms with Crippen molar-refractivity contribution in [3.05, 3.63) is 0 Å². The molecule has 162 valence electrons. The van der Waals surface area contributed by atoms with Crippen molar-refractivity contribution < 1.29 is 49.9 Å². The lowest BCUT2D eigenvalue weighted by atomic mass is 9.49. The van der Waals surface area contributed by atoms with Crippen LogP contribution in [0, 0.1) is 23.2 Å². The van der Waals surface area contributed by atoms with E-state index >= 15 is 0 Å². The normalized spacial score (nSPS) is 33.7.